The number of aliphatic carboxylic acids is 1. The summed E-state index contributed by atoms with van der Waals surface area (Å²) >= 11 is 0. The van der Waals surface area contributed by atoms with Crippen LogP contribution in [0.3, 0.4) is 0 Å². The minimum absolute atomic E-state index is 0.0787. The number of benzene rings is 3. The van der Waals surface area contributed by atoms with Crippen molar-refractivity contribution in [1.29, 1.82) is 0 Å². The standard InChI is InChI=1S/C31H33F3N2O5/c1-40-27-13-12-24(41-31(32,33)34)18-23(27)19-35-26-16-17-36(28(37)14-15-29(38)39)20-25(26)30(21-8-4-2-5-9-21)22-10-6-3-7-11-22/h2-13,18,25-26,30,35H,14-17,19-20H2,1H3,(H,38,39)/t25-,26+/m1/s1. The Morgan fingerprint density at radius 1 is 1.00 bits per heavy atom. The highest BCUT2D eigenvalue weighted by molar-refractivity contribution is 5.80. The van der Waals surface area contributed by atoms with Crippen LogP contribution in [0.25, 0.3) is 0 Å². The Hall–Kier alpha value is -4.05. The summed E-state index contributed by atoms with van der Waals surface area (Å²) in [6, 6.07) is 23.7. The molecule has 1 fully saturated rings. The summed E-state index contributed by atoms with van der Waals surface area (Å²) in [7, 11) is 1.45. The molecule has 4 rings (SSSR count). The molecule has 2 atom stereocenters. The number of amides is 1. The molecule has 0 aliphatic carbocycles. The van der Waals surface area contributed by atoms with Crippen molar-refractivity contribution in [2.75, 3.05) is 20.2 Å². The molecule has 2 N–H and O–H groups in total. The van der Waals surface area contributed by atoms with Crippen LogP contribution in [0, 0.1) is 5.92 Å². The molecule has 0 aromatic heterocycles. The van der Waals surface area contributed by atoms with Gasteiger partial charge < -0.3 is 24.8 Å². The van der Waals surface area contributed by atoms with Crippen molar-refractivity contribution in [3.63, 3.8) is 0 Å². The van der Waals surface area contributed by atoms with Gasteiger partial charge in [0.1, 0.15) is 11.5 Å². The molecule has 1 saturated heterocycles. The maximum absolute atomic E-state index is 13.0. The zero-order valence-corrected chi connectivity index (χ0v) is 22.6. The van der Waals surface area contributed by atoms with Crippen LogP contribution in [-0.2, 0) is 16.1 Å². The number of carboxylic acid groups (broad SMARTS) is 1. The molecular formula is C31H33F3N2O5. The number of likely N-dealkylation sites (tertiary alicyclic amines) is 1. The minimum Gasteiger partial charge on any atom is -0.496 e. The molecule has 0 spiro atoms. The second kappa shape index (κ2) is 13.5. The summed E-state index contributed by atoms with van der Waals surface area (Å²) in [6.45, 7) is 1.03. The second-order valence-corrected chi connectivity index (χ2v) is 9.99. The third-order valence-electron chi connectivity index (χ3n) is 7.35. The van der Waals surface area contributed by atoms with Gasteiger partial charge in [-0.15, -0.1) is 13.2 Å². The fourth-order valence-corrected chi connectivity index (χ4v) is 5.51. The Morgan fingerprint density at radius 2 is 1.63 bits per heavy atom. The Kier molecular flexibility index (Phi) is 9.88. The van der Waals surface area contributed by atoms with E-state index in [0.29, 0.717) is 30.8 Å². The number of carboxylic acids is 1. The van der Waals surface area contributed by atoms with Gasteiger partial charge in [-0.25, -0.2) is 0 Å². The van der Waals surface area contributed by atoms with Crippen molar-refractivity contribution >= 4 is 11.9 Å². The number of carbonyl (C=O) groups is 2. The van der Waals surface area contributed by atoms with E-state index < -0.39 is 12.3 Å². The normalized spacial score (nSPS) is 17.3. The number of halogens is 3. The Bertz CT molecular complexity index is 1260. The molecule has 0 radical (unpaired) electrons. The molecule has 1 amide bonds. The van der Waals surface area contributed by atoms with Crippen molar-refractivity contribution < 1.29 is 37.3 Å². The van der Waals surface area contributed by atoms with Gasteiger partial charge >= 0.3 is 12.3 Å². The van der Waals surface area contributed by atoms with Crippen LogP contribution in [0.1, 0.15) is 41.9 Å². The van der Waals surface area contributed by atoms with Crippen molar-refractivity contribution in [3.05, 3.63) is 95.6 Å². The van der Waals surface area contributed by atoms with Gasteiger partial charge in [-0.05, 0) is 35.7 Å². The third-order valence-corrected chi connectivity index (χ3v) is 7.35. The molecule has 3 aromatic carbocycles. The van der Waals surface area contributed by atoms with Crippen molar-refractivity contribution in [2.24, 2.45) is 5.92 Å². The zero-order chi connectivity index (χ0) is 29.4. The van der Waals surface area contributed by atoms with Crippen LogP contribution < -0.4 is 14.8 Å². The molecule has 218 valence electrons. The Labute approximate surface area is 236 Å². The molecule has 1 aliphatic heterocycles. The third kappa shape index (κ3) is 8.23. The lowest BCUT2D eigenvalue weighted by atomic mass is 9.74. The van der Waals surface area contributed by atoms with Crippen molar-refractivity contribution in [1.82, 2.24) is 10.2 Å². The largest absolute Gasteiger partial charge is 0.573 e. The lowest BCUT2D eigenvalue weighted by Crippen LogP contribution is -2.53. The van der Waals surface area contributed by atoms with Gasteiger partial charge in [0.15, 0.2) is 0 Å². The lowest BCUT2D eigenvalue weighted by Gasteiger charge is -2.43. The van der Waals surface area contributed by atoms with Gasteiger partial charge in [0.25, 0.3) is 0 Å². The fraction of sp³-hybridized carbons (Fsp3) is 0.355. The summed E-state index contributed by atoms with van der Waals surface area (Å²) in [4.78, 5) is 25.8. The van der Waals surface area contributed by atoms with E-state index in [4.69, 9.17) is 9.84 Å². The summed E-state index contributed by atoms with van der Waals surface area (Å²) < 4.78 is 48.1. The molecule has 0 unspecified atom stereocenters. The number of nitrogens with one attached hydrogen (secondary N) is 1. The number of carbonyl (C=O) groups excluding carboxylic acids is 1. The maximum Gasteiger partial charge on any atom is 0.573 e. The molecule has 10 heteroatoms. The average Bonchev–Trinajstić information content (AvgIpc) is 2.95. The van der Waals surface area contributed by atoms with E-state index in [9.17, 15) is 22.8 Å². The minimum atomic E-state index is -4.82. The topological polar surface area (TPSA) is 88.1 Å². The monoisotopic (exact) mass is 570 g/mol. The molecule has 3 aromatic rings. The molecule has 1 heterocycles. The van der Waals surface area contributed by atoms with Crippen LogP contribution in [0.4, 0.5) is 13.2 Å². The summed E-state index contributed by atoms with van der Waals surface area (Å²) in [6.07, 6.45) is -4.56. The van der Waals surface area contributed by atoms with Crippen LogP contribution in [0.2, 0.25) is 0 Å². The van der Waals surface area contributed by atoms with Gasteiger partial charge in [-0.2, -0.15) is 0 Å². The van der Waals surface area contributed by atoms with E-state index in [2.05, 4.69) is 10.1 Å². The fourth-order valence-electron chi connectivity index (χ4n) is 5.51. The molecule has 1 aliphatic rings. The van der Waals surface area contributed by atoms with E-state index in [1.165, 1.54) is 25.3 Å². The number of hydrogen-bond acceptors (Lipinski definition) is 5. The van der Waals surface area contributed by atoms with Crippen molar-refractivity contribution in [3.8, 4) is 11.5 Å². The number of nitrogens with zero attached hydrogens (tertiary/aromatic N) is 1. The highest BCUT2D eigenvalue weighted by Gasteiger charge is 2.38. The van der Waals surface area contributed by atoms with Gasteiger partial charge in [0.05, 0.1) is 13.5 Å². The van der Waals surface area contributed by atoms with Crippen LogP contribution >= 0.6 is 0 Å². The second-order valence-electron chi connectivity index (χ2n) is 9.99. The van der Waals surface area contributed by atoms with E-state index >= 15 is 0 Å². The molecule has 0 saturated carbocycles. The number of rotatable bonds is 11. The number of piperidine rings is 1. The SMILES string of the molecule is COc1ccc(OC(F)(F)F)cc1CN[C@H]1CCN(C(=O)CCC(=O)O)C[C@H]1C(c1ccccc1)c1ccccc1. The van der Waals surface area contributed by atoms with E-state index in [-0.39, 0.29) is 48.9 Å². The van der Waals surface area contributed by atoms with E-state index in [0.717, 1.165) is 11.1 Å². The van der Waals surface area contributed by atoms with Crippen LogP contribution in [0.15, 0.2) is 78.9 Å². The number of ether oxygens (including phenoxy) is 2. The average molecular weight is 571 g/mol. The first-order valence-corrected chi connectivity index (χ1v) is 13.4. The summed E-state index contributed by atoms with van der Waals surface area (Å²) in [5.41, 5.74) is 2.63. The number of alkyl halides is 3. The van der Waals surface area contributed by atoms with Gasteiger partial charge in [0, 0.05) is 49.5 Å². The highest BCUT2D eigenvalue weighted by atomic mass is 19.4. The summed E-state index contributed by atoms with van der Waals surface area (Å²) in [5.74, 6) is -1.38. The Morgan fingerprint density at radius 3 is 2.20 bits per heavy atom. The zero-order valence-electron chi connectivity index (χ0n) is 22.6. The van der Waals surface area contributed by atoms with Crippen LogP contribution in [0.5, 0.6) is 11.5 Å². The van der Waals surface area contributed by atoms with Gasteiger partial charge in [-0.3, -0.25) is 9.59 Å². The predicted molar refractivity (Wildman–Crippen MR) is 147 cm³/mol. The predicted octanol–water partition coefficient (Wildman–Crippen LogP) is 5.60. The summed E-state index contributed by atoms with van der Waals surface area (Å²) in [5, 5.41) is 12.6. The highest BCUT2D eigenvalue weighted by Crippen LogP contribution is 2.38. The molecule has 41 heavy (non-hydrogen) atoms. The first-order chi connectivity index (χ1) is 19.6. The quantitative estimate of drug-likeness (QED) is 0.312. The molecule has 7 nitrogen and oxygen atoms in total. The van der Waals surface area contributed by atoms with Gasteiger partial charge in [-0.1, -0.05) is 60.7 Å². The lowest BCUT2D eigenvalue weighted by molar-refractivity contribution is -0.274. The molecular weight excluding hydrogens is 537 g/mol. The first-order valence-electron chi connectivity index (χ1n) is 13.4. The number of hydrogen-bond donors (Lipinski definition) is 2. The smallest absolute Gasteiger partial charge is 0.496 e. The maximum atomic E-state index is 13.0. The first kappa shape index (κ1) is 29.9. The Balaban J connectivity index is 1.64. The molecule has 0 bridgehead atoms. The van der Waals surface area contributed by atoms with E-state index in [1.54, 1.807) is 4.90 Å². The van der Waals surface area contributed by atoms with Gasteiger partial charge in [0.2, 0.25) is 5.91 Å². The van der Waals surface area contributed by atoms with Crippen LogP contribution in [-0.4, -0.2) is 54.5 Å². The van der Waals surface area contributed by atoms with Crippen molar-refractivity contribution in [2.45, 2.75) is 44.1 Å². The number of methoxy groups -OCH3 is 1. The van der Waals surface area contributed by atoms with E-state index in [1.807, 2.05) is 60.7 Å².